The molecular weight excluding hydrogens is 372 g/mol. The number of rotatable bonds is 5. The number of fused-ring (bicyclic) bond motifs is 1. The summed E-state index contributed by atoms with van der Waals surface area (Å²) >= 11 is 0. The van der Waals surface area contributed by atoms with Gasteiger partial charge in [-0.2, -0.15) is 5.10 Å². The molecule has 0 spiro atoms. The molecule has 0 aliphatic carbocycles. The van der Waals surface area contributed by atoms with Crippen molar-refractivity contribution in [3.63, 3.8) is 0 Å². The van der Waals surface area contributed by atoms with Gasteiger partial charge in [-0.3, -0.25) is 14.4 Å². The summed E-state index contributed by atoms with van der Waals surface area (Å²) in [6.07, 6.45) is 0.129. The van der Waals surface area contributed by atoms with Crippen LogP contribution in [0.25, 0.3) is 10.8 Å². The van der Waals surface area contributed by atoms with E-state index in [2.05, 4.69) is 15.5 Å². The molecular formula is C21H20N4O4. The van der Waals surface area contributed by atoms with Crippen LogP contribution in [-0.2, 0) is 16.1 Å². The van der Waals surface area contributed by atoms with Gasteiger partial charge < -0.3 is 15.0 Å². The maximum absolute atomic E-state index is 12.7. The third kappa shape index (κ3) is 3.56. The zero-order valence-electron chi connectivity index (χ0n) is 15.8. The number of hydrogen-bond donors (Lipinski definition) is 2. The number of anilines is 1. The van der Waals surface area contributed by atoms with Gasteiger partial charge in [-0.25, -0.2) is 5.10 Å². The molecule has 1 aliphatic heterocycles. The Hall–Kier alpha value is -3.68. The average Bonchev–Trinajstić information content (AvgIpc) is 3.15. The van der Waals surface area contributed by atoms with E-state index in [0.29, 0.717) is 27.9 Å². The lowest BCUT2D eigenvalue weighted by atomic mass is 10.1. The number of nitrogens with zero attached hydrogens (tertiary/aromatic N) is 2. The van der Waals surface area contributed by atoms with Crippen LogP contribution >= 0.6 is 0 Å². The van der Waals surface area contributed by atoms with E-state index in [-0.39, 0.29) is 36.9 Å². The molecule has 1 saturated heterocycles. The lowest BCUT2D eigenvalue weighted by Crippen LogP contribution is -2.33. The minimum absolute atomic E-state index is 0.123. The van der Waals surface area contributed by atoms with Crippen LogP contribution in [0.3, 0.4) is 0 Å². The molecule has 1 atom stereocenters. The van der Waals surface area contributed by atoms with Gasteiger partial charge in [-0.1, -0.05) is 30.3 Å². The summed E-state index contributed by atoms with van der Waals surface area (Å²) in [5.74, 6) is -0.234. The Labute approximate surface area is 166 Å². The Morgan fingerprint density at radius 2 is 1.90 bits per heavy atom. The smallest absolute Gasteiger partial charge is 0.272 e. The van der Waals surface area contributed by atoms with Crippen molar-refractivity contribution in [3.05, 3.63) is 64.6 Å². The number of amides is 2. The predicted molar refractivity (Wildman–Crippen MR) is 108 cm³/mol. The molecule has 0 saturated carbocycles. The molecule has 3 aromatic rings. The van der Waals surface area contributed by atoms with Crippen molar-refractivity contribution >= 4 is 28.3 Å². The molecule has 1 aliphatic rings. The van der Waals surface area contributed by atoms with E-state index in [9.17, 15) is 14.4 Å². The van der Waals surface area contributed by atoms with Crippen molar-refractivity contribution in [2.75, 3.05) is 18.6 Å². The van der Waals surface area contributed by atoms with Crippen molar-refractivity contribution < 1.29 is 14.3 Å². The lowest BCUT2D eigenvalue weighted by molar-refractivity contribution is -0.126. The number of carbonyl (C=O) groups is 2. The molecule has 1 fully saturated rings. The topological polar surface area (TPSA) is 104 Å². The number of aromatic amines is 1. The van der Waals surface area contributed by atoms with Crippen molar-refractivity contribution in [1.82, 2.24) is 15.5 Å². The third-order valence-corrected chi connectivity index (χ3v) is 5.08. The van der Waals surface area contributed by atoms with Crippen molar-refractivity contribution in [2.24, 2.45) is 5.92 Å². The number of aromatic nitrogens is 2. The largest absolute Gasteiger partial charge is 0.495 e. The molecule has 2 aromatic carbocycles. The van der Waals surface area contributed by atoms with E-state index in [1.807, 2.05) is 18.2 Å². The second-order valence-corrected chi connectivity index (χ2v) is 6.84. The minimum Gasteiger partial charge on any atom is -0.495 e. The van der Waals surface area contributed by atoms with Gasteiger partial charge in [-0.15, -0.1) is 0 Å². The lowest BCUT2D eigenvalue weighted by Gasteiger charge is -2.19. The predicted octanol–water partition coefficient (Wildman–Crippen LogP) is 1.60. The van der Waals surface area contributed by atoms with Gasteiger partial charge in [0.25, 0.3) is 5.56 Å². The average molecular weight is 392 g/mol. The van der Waals surface area contributed by atoms with Crippen LogP contribution in [0.4, 0.5) is 5.69 Å². The fourth-order valence-corrected chi connectivity index (χ4v) is 3.59. The highest BCUT2D eigenvalue weighted by atomic mass is 16.5. The number of para-hydroxylation sites is 2. The summed E-state index contributed by atoms with van der Waals surface area (Å²) in [5.41, 5.74) is 0.951. The summed E-state index contributed by atoms with van der Waals surface area (Å²) in [6.45, 7) is 0.445. The second kappa shape index (κ2) is 7.75. The quantitative estimate of drug-likeness (QED) is 0.686. The highest BCUT2D eigenvalue weighted by molar-refractivity contribution is 6.01. The first-order valence-corrected chi connectivity index (χ1v) is 9.26. The normalized spacial score (nSPS) is 16.2. The maximum Gasteiger partial charge on any atom is 0.272 e. The zero-order chi connectivity index (χ0) is 20.4. The number of carbonyl (C=O) groups excluding carboxylic acids is 2. The summed E-state index contributed by atoms with van der Waals surface area (Å²) in [7, 11) is 1.55. The van der Waals surface area contributed by atoms with E-state index in [0.717, 1.165) is 0 Å². The molecule has 148 valence electrons. The zero-order valence-corrected chi connectivity index (χ0v) is 15.8. The van der Waals surface area contributed by atoms with Crippen LogP contribution in [0, 0.1) is 5.92 Å². The Morgan fingerprint density at radius 3 is 2.69 bits per heavy atom. The molecule has 8 heteroatoms. The van der Waals surface area contributed by atoms with Crippen molar-refractivity contribution in [2.45, 2.75) is 13.0 Å². The number of hydrogen-bond acceptors (Lipinski definition) is 5. The van der Waals surface area contributed by atoms with E-state index >= 15 is 0 Å². The van der Waals surface area contributed by atoms with Crippen LogP contribution in [0.2, 0.25) is 0 Å². The van der Waals surface area contributed by atoms with E-state index < -0.39 is 5.92 Å². The summed E-state index contributed by atoms with van der Waals surface area (Å²) < 4.78 is 5.33. The number of ether oxygens (including phenoxy) is 1. The number of H-pyrrole nitrogens is 1. The molecule has 1 aromatic heterocycles. The van der Waals surface area contributed by atoms with Crippen molar-refractivity contribution in [1.29, 1.82) is 0 Å². The number of nitrogens with one attached hydrogen (secondary N) is 2. The summed E-state index contributed by atoms with van der Waals surface area (Å²) in [5, 5.41) is 10.6. The first kappa shape index (κ1) is 18.7. The highest BCUT2D eigenvalue weighted by Gasteiger charge is 2.36. The molecule has 2 heterocycles. The summed E-state index contributed by atoms with van der Waals surface area (Å²) in [4.78, 5) is 38.6. The Bertz CT molecular complexity index is 1140. The van der Waals surface area contributed by atoms with Crippen LogP contribution in [0.1, 0.15) is 12.1 Å². The van der Waals surface area contributed by atoms with Gasteiger partial charge in [0.2, 0.25) is 11.8 Å². The van der Waals surface area contributed by atoms with Crippen LogP contribution in [0.15, 0.2) is 53.3 Å². The molecule has 0 bridgehead atoms. The van der Waals surface area contributed by atoms with Gasteiger partial charge in [0.15, 0.2) is 0 Å². The van der Waals surface area contributed by atoms with Gasteiger partial charge in [0.1, 0.15) is 5.75 Å². The van der Waals surface area contributed by atoms with E-state index in [1.165, 1.54) is 0 Å². The number of benzene rings is 2. The monoisotopic (exact) mass is 392 g/mol. The van der Waals surface area contributed by atoms with E-state index in [1.54, 1.807) is 42.3 Å². The Morgan fingerprint density at radius 1 is 1.17 bits per heavy atom. The van der Waals surface area contributed by atoms with Crippen LogP contribution < -0.4 is 20.5 Å². The second-order valence-electron chi connectivity index (χ2n) is 6.84. The standard InChI is InChI=1S/C21H20N4O4/c1-29-18-9-5-4-8-17(18)25-12-13(10-19(25)26)20(27)22-11-16-14-6-2-3-7-15(14)21(28)24-23-16/h2-9,13H,10-12H2,1H3,(H,22,27)(H,24,28)/t13-/m1/s1. The molecule has 4 rings (SSSR count). The van der Waals surface area contributed by atoms with Crippen molar-refractivity contribution in [3.8, 4) is 5.75 Å². The molecule has 2 N–H and O–H groups in total. The van der Waals surface area contributed by atoms with Gasteiger partial charge in [-0.05, 0) is 18.2 Å². The first-order chi connectivity index (χ1) is 14.1. The molecule has 0 unspecified atom stereocenters. The maximum atomic E-state index is 12.7. The van der Waals surface area contributed by atoms with Gasteiger partial charge in [0.05, 0.1) is 36.3 Å². The van der Waals surface area contributed by atoms with Crippen LogP contribution in [-0.4, -0.2) is 35.7 Å². The number of methoxy groups -OCH3 is 1. The van der Waals surface area contributed by atoms with Crippen LogP contribution in [0.5, 0.6) is 5.75 Å². The Balaban J connectivity index is 1.47. The molecule has 2 amide bonds. The molecule has 0 radical (unpaired) electrons. The third-order valence-electron chi connectivity index (χ3n) is 5.08. The molecule has 8 nitrogen and oxygen atoms in total. The fourth-order valence-electron chi connectivity index (χ4n) is 3.59. The fraction of sp³-hybridized carbons (Fsp3) is 0.238. The van der Waals surface area contributed by atoms with E-state index in [4.69, 9.17) is 4.74 Å². The Kier molecular flexibility index (Phi) is 4.99. The SMILES string of the molecule is COc1ccccc1N1C[C@H](C(=O)NCc2n[nH]c(=O)c3ccccc23)CC1=O. The molecule has 29 heavy (non-hydrogen) atoms. The highest BCUT2D eigenvalue weighted by Crippen LogP contribution is 2.32. The van der Waals surface area contributed by atoms with Gasteiger partial charge >= 0.3 is 0 Å². The minimum atomic E-state index is -0.471. The summed E-state index contributed by atoms with van der Waals surface area (Å²) in [6, 6.07) is 14.3. The van der Waals surface area contributed by atoms with Gasteiger partial charge in [0, 0.05) is 18.4 Å². The first-order valence-electron chi connectivity index (χ1n) is 9.26.